The summed E-state index contributed by atoms with van der Waals surface area (Å²) in [5.41, 5.74) is 0.520. The van der Waals surface area contributed by atoms with E-state index in [-0.39, 0.29) is 10.9 Å². The minimum absolute atomic E-state index is 0.187. The Labute approximate surface area is 125 Å². The van der Waals surface area contributed by atoms with Crippen molar-refractivity contribution in [3.05, 3.63) is 18.2 Å². The molecule has 116 valence electrons. The van der Waals surface area contributed by atoms with Gasteiger partial charge >= 0.3 is 0 Å². The average Bonchev–Trinajstić information content (AvgIpc) is 2.45. The minimum Gasteiger partial charge on any atom is -0.494 e. The van der Waals surface area contributed by atoms with Gasteiger partial charge in [0.15, 0.2) is 0 Å². The van der Waals surface area contributed by atoms with E-state index in [0.29, 0.717) is 24.6 Å². The monoisotopic (exact) mass is 311 g/mol. The third-order valence-electron chi connectivity index (χ3n) is 2.99. The summed E-state index contributed by atoms with van der Waals surface area (Å²) in [6.07, 6.45) is 2.82. The van der Waals surface area contributed by atoms with Gasteiger partial charge in [0.2, 0.25) is 5.96 Å². The first-order valence-corrected chi connectivity index (χ1v) is 8.66. The van der Waals surface area contributed by atoms with Gasteiger partial charge in [-0.1, -0.05) is 20.3 Å². The molecule has 7 heteroatoms. The molecule has 0 spiro atoms. The van der Waals surface area contributed by atoms with E-state index in [9.17, 15) is 8.42 Å². The maximum atomic E-state index is 12.2. The number of aliphatic imine (C=N–C) groups is 1. The molecule has 0 radical (unpaired) electrons. The van der Waals surface area contributed by atoms with Crippen LogP contribution in [0.5, 0.6) is 5.75 Å². The van der Waals surface area contributed by atoms with Crippen LogP contribution in [0.25, 0.3) is 0 Å². The lowest BCUT2D eigenvalue weighted by Crippen LogP contribution is -2.40. The SMILES string of the molecule is CCCCOc1ccc2c(c1)S(=O)(=O)NC(=NCCC)N2. The van der Waals surface area contributed by atoms with Gasteiger partial charge in [-0.2, -0.15) is 0 Å². The van der Waals surface area contributed by atoms with Crippen molar-refractivity contribution in [3.8, 4) is 5.75 Å². The van der Waals surface area contributed by atoms with Gasteiger partial charge in [-0.3, -0.25) is 4.99 Å². The predicted octanol–water partition coefficient (Wildman–Crippen LogP) is 2.34. The number of unbranched alkanes of at least 4 members (excludes halogenated alkanes) is 1. The van der Waals surface area contributed by atoms with Gasteiger partial charge in [-0.05, 0) is 25.0 Å². The molecule has 1 aliphatic rings. The van der Waals surface area contributed by atoms with E-state index in [1.807, 2.05) is 6.92 Å². The minimum atomic E-state index is -3.60. The number of fused-ring (bicyclic) bond motifs is 1. The molecule has 1 aromatic rings. The molecule has 0 unspecified atom stereocenters. The highest BCUT2D eigenvalue weighted by molar-refractivity contribution is 7.90. The van der Waals surface area contributed by atoms with Crippen LogP contribution in [0.2, 0.25) is 0 Å². The molecule has 0 bridgehead atoms. The molecule has 0 aromatic heterocycles. The van der Waals surface area contributed by atoms with Crippen LogP contribution in [-0.2, 0) is 10.0 Å². The fourth-order valence-electron chi connectivity index (χ4n) is 1.88. The molecule has 0 amide bonds. The van der Waals surface area contributed by atoms with Gasteiger partial charge < -0.3 is 10.1 Å². The average molecular weight is 311 g/mol. The van der Waals surface area contributed by atoms with Gasteiger partial charge in [0.1, 0.15) is 10.6 Å². The predicted molar refractivity (Wildman–Crippen MR) is 83.4 cm³/mol. The normalized spacial score (nSPS) is 17.7. The molecule has 0 fully saturated rings. The van der Waals surface area contributed by atoms with Crippen LogP contribution in [0.4, 0.5) is 5.69 Å². The summed E-state index contributed by atoms with van der Waals surface area (Å²) in [6.45, 7) is 5.21. The number of hydrogen-bond donors (Lipinski definition) is 2. The first-order valence-electron chi connectivity index (χ1n) is 7.18. The summed E-state index contributed by atoms with van der Waals surface area (Å²) in [5, 5.41) is 2.99. The summed E-state index contributed by atoms with van der Waals surface area (Å²) in [6, 6.07) is 5.01. The van der Waals surface area contributed by atoms with E-state index in [1.54, 1.807) is 12.1 Å². The number of anilines is 1. The van der Waals surface area contributed by atoms with E-state index in [4.69, 9.17) is 4.74 Å². The lowest BCUT2D eigenvalue weighted by molar-refractivity contribution is 0.308. The van der Waals surface area contributed by atoms with Crippen molar-refractivity contribution in [2.45, 2.75) is 38.0 Å². The molecule has 1 heterocycles. The Morgan fingerprint density at radius 1 is 1.24 bits per heavy atom. The molecule has 6 nitrogen and oxygen atoms in total. The summed E-state index contributed by atoms with van der Waals surface area (Å²) in [4.78, 5) is 4.35. The topological polar surface area (TPSA) is 79.8 Å². The van der Waals surface area contributed by atoms with E-state index >= 15 is 0 Å². The van der Waals surface area contributed by atoms with Crippen LogP contribution in [0.1, 0.15) is 33.1 Å². The third kappa shape index (κ3) is 3.87. The standard InChI is InChI=1S/C14H21N3O3S/c1-3-5-9-20-11-6-7-12-13(10-11)21(18,19)17-14(16-12)15-8-4-2/h6-7,10H,3-5,8-9H2,1-2H3,(H2,15,16,17). The Morgan fingerprint density at radius 3 is 2.76 bits per heavy atom. The summed E-state index contributed by atoms with van der Waals surface area (Å²) in [5.74, 6) is 0.826. The number of hydrogen-bond acceptors (Lipinski definition) is 4. The quantitative estimate of drug-likeness (QED) is 0.790. The molecule has 2 rings (SSSR count). The van der Waals surface area contributed by atoms with Crippen LogP contribution < -0.4 is 14.8 Å². The number of benzene rings is 1. The number of ether oxygens (including phenoxy) is 1. The Balaban J connectivity index is 2.24. The second-order valence-electron chi connectivity index (χ2n) is 4.82. The molecule has 0 atom stereocenters. The Hall–Kier alpha value is -1.76. The van der Waals surface area contributed by atoms with E-state index in [0.717, 1.165) is 19.3 Å². The molecule has 0 aliphatic carbocycles. The van der Waals surface area contributed by atoms with Crippen molar-refractivity contribution in [2.24, 2.45) is 4.99 Å². The zero-order chi connectivity index (χ0) is 15.3. The molecule has 1 aromatic carbocycles. The largest absolute Gasteiger partial charge is 0.494 e. The van der Waals surface area contributed by atoms with Crippen LogP contribution in [0.15, 0.2) is 28.1 Å². The van der Waals surface area contributed by atoms with Gasteiger partial charge in [0, 0.05) is 12.6 Å². The second kappa shape index (κ2) is 6.80. The van der Waals surface area contributed by atoms with E-state index in [1.165, 1.54) is 6.07 Å². The fourth-order valence-corrected chi connectivity index (χ4v) is 3.04. The number of nitrogens with zero attached hydrogens (tertiary/aromatic N) is 1. The van der Waals surface area contributed by atoms with E-state index in [2.05, 4.69) is 22.0 Å². The highest BCUT2D eigenvalue weighted by Gasteiger charge is 2.26. The molecule has 2 N–H and O–H groups in total. The van der Waals surface area contributed by atoms with Gasteiger partial charge in [-0.25, -0.2) is 13.1 Å². The first-order chi connectivity index (χ1) is 10.1. The van der Waals surface area contributed by atoms with Crippen molar-refractivity contribution in [1.29, 1.82) is 0 Å². The Bertz CT molecular complexity index is 626. The maximum Gasteiger partial charge on any atom is 0.266 e. The summed E-state index contributed by atoms with van der Waals surface area (Å²) in [7, 11) is -3.60. The van der Waals surface area contributed by atoms with Crippen LogP contribution in [0, 0.1) is 0 Å². The summed E-state index contributed by atoms with van der Waals surface area (Å²) < 4.78 is 32.5. The molecule has 0 saturated heterocycles. The maximum absolute atomic E-state index is 12.2. The number of nitrogens with one attached hydrogen (secondary N) is 2. The smallest absolute Gasteiger partial charge is 0.266 e. The highest BCUT2D eigenvalue weighted by Crippen LogP contribution is 2.29. The van der Waals surface area contributed by atoms with Gasteiger partial charge in [-0.15, -0.1) is 0 Å². The van der Waals surface area contributed by atoms with Crippen molar-refractivity contribution < 1.29 is 13.2 Å². The Kier molecular flexibility index (Phi) is 5.06. The van der Waals surface area contributed by atoms with Crippen molar-refractivity contribution >= 4 is 21.7 Å². The van der Waals surface area contributed by atoms with Crippen molar-refractivity contribution in [3.63, 3.8) is 0 Å². The fraction of sp³-hybridized carbons (Fsp3) is 0.500. The van der Waals surface area contributed by atoms with Crippen LogP contribution in [0.3, 0.4) is 0 Å². The number of sulfonamides is 1. The lowest BCUT2D eigenvalue weighted by atomic mass is 10.3. The van der Waals surface area contributed by atoms with Gasteiger partial charge in [0.25, 0.3) is 10.0 Å². The first kappa shape index (κ1) is 15.6. The van der Waals surface area contributed by atoms with Gasteiger partial charge in [0.05, 0.1) is 12.3 Å². The highest BCUT2D eigenvalue weighted by atomic mass is 32.2. The van der Waals surface area contributed by atoms with Crippen LogP contribution in [-0.4, -0.2) is 27.5 Å². The molecule has 0 saturated carbocycles. The Morgan fingerprint density at radius 2 is 2.05 bits per heavy atom. The van der Waals surface area contributed by atoms with E-state index < -0.39 is 10.0 Å². The lowest BCUT2D eigenvalue weighted by Gasteiger charge is -2.22. The molecular weight excluding hydrogens is 290 g/mol. The van der Waals surface area contributed by atoms with Crippen molar-refractivity contribution in [2.75, 3.05) is 18.5 Å². The molecule has 1 aliphatic heterocycles. The summed E-state index contributed by atoms with van der Waals surface area (Å²) >= 11 is 0. The molecular formula is C14H21N3O3S. The number of guanidine groups is 1. The molecule has 21 heavy (non-hydrogen) atoms. The van der Waals surface area contributed by atoms with Crippen molar-refractivity contribution in [1.82, 2.24) is 4.72 Å². The second-order valence-corrected chi connectivity index (χ2v) is 6.47. The zero-order valence-electron chi connectivity index (χ0n) is 12.3. The number of rotatable bonds is 6. The zero-order valence-corrected chi connectivity index (χ0v) is 13.2. The third-order valence-corrected chi connectivity index (χ3v) is 4.37. The van der Waals surface area contributed by atoms with Crippen LogP contribution >= 0.6 is 0 Å².